The number of para-hydroxylation sites is 2. The number of hydrogen-bond donors (Lipinski definition) is 0. The Balaban J connectivity index is 1.31. The molecular weight excluding hydrogens is 556 g/mol. The minimum atomic E-state index is -2.99. The van der Waals surface area contributed by atoms with E-state index in [2.05, 4.69) is 4.98 Å². The van der Waals surface area contributed by atoms with Crippen LogP contribution in [0.2, 0.25) is 0 Å². The standard InChI is InChI=1S/C44H34N2/c1-4-41-45-39-22-11-12-23-40(39)46(41)30-15-13-14-28(26-30)42-33-17-5-7-19-35(33)43(36-20-8-6-18-34(36)42)29-24-25-32-31-16-9-10-21-37(31)44(2,3)38(32)27-29/h5-27H,4H2,1-3H3/i1D3,2D3,3D3,4D2. The number of aryl methyl sites for hydroxylation is 1. The molecule has 2 heteroatoms. The van der Waals surface area contributed by atoms with Crippen molar-refractivity contribution in [3.63, 3.8) is 0 Å². The van der Waals surface area contributed by atoms with Gasteiger partial charge in [-0.25, -0.2) is 4.98 Å². The van der Waals surface area contributed by atoms with E-state index in [1.165, 1.54) is 0 Å². The predicted octanol–water partition coefficient (Wildman–Crippen LogP) is 11.5. The summed E-state index contributed by atoms with van der Waals surface area (Å²) in [6, 6.07) is 42.8. The van der Waals surface area contributed by atoms with Crippen molar-refractivity contribution < 1.29 is 15.1 Å². The minimum Gasteiger partial charge on any atom is -0.296 e. The molecule has 1 heterocycles. The summed E-state index contributed by atoms with van der Waals surface area (Å²) in [6.07, 6.45) is -2.77. The van der Waals surface area contributed by atoms with Crippen molar-refractivity contribution in [1.29, 1.82) is 0 Å². The molecule has 0 aliphatic heterocycles. The van der Waals surface area contributed by atoms with E-state index in [1.54, 1.807) is 65.2 Å². The Bertz CT molecular complexity index is 2850. The fraction of sp³-hybridized carbons (Fsp3) is 0.114. The lowest BCUT2D eigenvalue weighted by atomic mass is 9.80. The molecule has 0 spiro atoms. The molecule has 7 aromatic carbocycles. The molecule has 0 atom stereocenters. The van der Waals surface area contributed by atoms with Crippen LogP contribution in [-0.4, -0.2) is 9.55 Å². The van der Waals surface area contributed by atoms with Crippen molar-refractivity contribution in [3.8, 4) is 39.1 Å². The maximum absolute atomic E-state index is 8.77. The van der Waals surface area contributed by atoms with Crippen LogP contribution in [0.3, 0.4) is 0 Å². The zero-order chi connectivity index (χ0) is 40.3. The first-order valence-corrected chi connectivity index (χ1v) is 15.2. The van der Waals surface area contributed by atoms with Gasteiger partial charge in [0, 0.05) is 32.6 Å². The molecule has 0 saturated carbocycles. The van der Waals surface area contributed by atoms with Crippen molar-refractivity contribution >= 4 is 32.6 Å². The third kappa shape index (κ3) is 3.80. The van der Waals surface area contributed by atoms with E-state index in [1.807, 2.05) is 78.9 Å². The summed E-state index contributed by atoms with van der Waals surface area (Å²) in [5.74, 6) is -0.227. The second-order valence-corrected chi connectivity index (χ2v) is 11.8. The highest BCUT2D eigenvalue weighted by Gasteiger charge is 2.35. The van der Waals surface area contributed by atoms with E-state index in [9.17, 15) is 0 Å². The zero-order valence-electron chi connectivity index (χ0n) is 35.7. The van der Waals surface area contributed by atoms with Crippen LogP contribution in [0.5, 0.6) is 0 Å². The van der Waals surface area contributed by atoms with E-state index >= 15 is 0 Å². The highest BCUT2D eigenvalue weighted by Crippen LogP contribution is 2.51. The normalized spacial score (nSPS) is 18.0. The minimum absolute atomic E-state index is 0.227. The second kappa shape index (κ2) is 10.0. The highest BCUT2D eigenvalue weighted by molar-refractivity contribution is 6.21. The van der Waals surface area contributed by atoms with Gasteiger partial charge in [-0.3, -0.25) is 4.57 Å². The Kier molecular flexibility index (Phi) is 3.89. The number of aromatic nitrogens is 2. The highest BCUT2D eigenvalue weighted by atomic mass is 15.1. The lowest BCUT2D eigenvalue weighted by Crippen LogP contribution is -2.14. The van der Waals surface area contributed by atoms with Crippen molar-refractivity contribution in [2.45, 2.75) is 32.3 Å². The van der Waals surface area contributed by atoms with Crippen LogP contribution >= 0.6 is 0 Å². The lowest BCUT2D eigenvalue weighted by molar-refractivity contribution is 0.660. The molecule has 9 rings (SSSR count). The zero-order valence-corrected chi connectivity index (χ0v) is 24.7. The van der Waals surface area contributed by atoms with Gasteiger partial charge in [0.1, 0.15) is 5.82 Å². The van der Waals surface area contributed by atoms with Gasteiger partial charge in [0.15, 0.2) is 0 Å². The summed E-state index contributed by atoms with van der Waals surface area (Å²) in [7, 11) is 0. The summed E-state index contributed by atoms with van der Waals surface area (Å²) in [5, 5.41) is 3.46. The van der Waals surface area contributed by atoms with Crippen molar-refractivity contribution in [1.82, 2.24) is 9.55 Å². The van der Waals surface area contributed by atoms with E-state index in [0.717, 1.165) is 38.2 Å². The number of nitrogens with zero attached hydrogens (tertiary/aromatic N) is 2. The maximum atomic E-state index is 8.77. The molecule has 0 bridgehead atoms. The summed E-state index contributed by atoms with van der Waals surface area (Å²) in [6.45, 7) is -8.79. The third-order valence-electron chi connectivity index (χ3n) is 9.33. The van der Waals surface area contributed by atoms with Crippen molar-refractivity contribution in [3.05, 3.63) is 156 Å². The van der Waals surface area contributed by atoms with Crippen LogP contribution in [0.1, 0.15) is 52.6 Å². The summed E-state index contributed by atoms with van der Waals surface area (Å²) in [5.41, 5.74) is 4.15. The lowest BCUT2D eigenvalue weighted by Gasteiger charge is -2.23. The van der Waals surface area contributed by atoms with Gasteiger partial charge in [-0.15, -0.1) is 0 Å². The molecule has 0 unspecified atom stereocenters. The molecule has 220 valence electrons. The van der Waals surface area contributed by atoms with E-state index in [4.69, 9.17) is 15.1 Å². The molecule has 0 fully saturated rings. The monoisotopic (exact) mass is 601 g/mol. The smallest absolute Gasteiger partial charge is 0.114 e. The van der Waals surface area contributed by atoms with Gasteiger partial charge in [0.05, 0.1) is 11.0 Å². The fourth-order valence-electron chi connectivity index (χ4n) is 7.36. The largest absolute Gasteiger partial charge is 0.296 e. The van der Waals surface area contributed by atoms with Crippen molar-refractivity contribution in [2.24, 2.45) is 0 Å². The topological polar surface area (TPSA) is 17.8 Å². The van der Waals surface area contributed by atoms with E-state index < -0.39 is 32.3 Å². The van der Waals surface area contributed by atoms with Gasteiger partial charge in [-0.1, -0.05) is 130 Å². The van der Waals surface area contributed by atoms with E-state index in [0.29, 0.717) is 33.4 Å². The summed E-state index contributed by atoms with van der Waals surface area (Å²) < 4.78 is 95.8. The first kappa shape index (κ1) is 17.9. The number of benzene rings is 7. The Morgan fingerprint density at radius 1 is 0.609 bits per heavy atom. The molecule has 0 saturated heterocycles. The summed E-state index contributed by atoms with van der Waals surface area (Å²) in [4.78, 5) is 4.51. The average Bonchev–Trinajstić information content (AvgIpc) is 3.71. The Morgan fingerprint density at radius 3 is 1.96 bits per heavy atom. The molecule has 0 radical (unpaired) electrons. The fourth-order valence-corrected chi connectivity index (χ4v) is 7.36. The molecular formula is C44H34N2. The van der Waals surface area contributed by atoms with Crippen LogP contribution in [0, 0.1) is 0 Å². The number of hydrogen-bond acceptors (Lipinski definition) is 1. The van der Waals surface area contributed by atoms with Gasteiger partial charge in [0.2, 0.25) is 0 Å². The van der Waals surface area contributed by atoms with Crippen LogP contribution in [0.4, 0.5) is 0 Å². The quantitative estimate of drug-likeness (QED) is 0.184. The maximum Gasteiger partial charge on any atom is 0.114 e. The van der Waals surface area contributed by atoms with Gasteiger partial charge < -0.3 is 0 Å². The first-order chi connectivity index (χ1) is 27.0. The van der Waals surface area contributed by atoms with Gasteiger partial charge in [-0.2, -0.15) is 0 Å². The van der Waals surface area contributed by atoms with Crippen molar-refractivity contribution in [2.75, 3.05) is 0 Å². The number of fused-ring (bicyclic) bond motifs is 6. The summed E-state index contributed by atoms with van der Waals surface area (Å²) >= 11 is 0. The molecule has 0 amide bonds. The molecule has 46 heavy (non-hydrogen) atoms. The van der Waals surface area contributed by atoms with Gasteiger partial charge in [0.25, 0.3) is 0 Å². The Labute approximate surface area is 285 Å². The molecule has 1 aromatic heterocycles. The van der Waals surface area contributed by atoms with Gasteiger partial charge in [-0.05, 0) is 96.4 Å². The molecule has 2 nitrogen and oxygen atoms in total. The van der Waals surface area contributed by atoms with Crippen LogP contribution in [0.15, 0.2) is 140 Å². The average molecular weight is 602 g/mol. The third-order valence-corrected chi connectivity index (χ3v) is 9.33. The second-order valence-electron chi connectivity index (χ2n) is 11.8. The number of imidazole rings is 1. The van der Waals surface area contributed by atoms with Crippen LogP contribution in [-0.2, 0) is 11.8 Å². The predicted molar refractivity (Wildman–Crippen MR) is 194 cm³/mol. The Hall–Kier alpha value is -5.47. The van der Waals surface area contributed by atoms with Crippen LogP contribution < -0.4 is 0 Å². The molecule has 8 aromatic rings. The van der Waals surface area contributed by atoms with Crippen LogP contribution in [0.25, 0.3) is 71.6 Å². The first-order valence-electron chi connectivity index (χ1n) is 20.7. The van der Waals surface area contributed by atoms with E-state index in [-0.39, 0.29) is 17.0 Å². The Morgan fingerprint density at radius 2 is 1.24 bits per heavy atom. The molecule has 1 aliphatic carbocycles. The van der Waals surface area contributed by atoms with Gasteiger partial charge >= 0.3 is 0 Å². The SMILES string of the molecule is [2H]C([2H])([2H])C([2H])([2H])c1nc2ccccc2n1-c1cccc(-c2c3ccccc3c(-c3ccc4c(c3)C(C([2H])([2H])[2H])(C([2H])([2H])[2H])c3ccccc3-4)c3ccccc23)c1. The molecule has 0 N–H and O–H groups in total. The molecule has 1 aliphatic rings. The number of rotatable bonds is 4.